The molecule has 0 unspecified atom stereocenters. The van der Waals surface area contributed by atoms with Gasteiger partial charge in [-0.3, -0.25) is 4.79 Å². The lowest BCUT2D eigenvalue weighted by atomic mass is 10.0. The van der Waals surface area contributed by atoms with E-state index >= 15 is 0 Å². The highest BCUT2D eigenvalue weighted by Crippen LogP contribution is 2.16. The maximum absolute atomic E-state index is 11.8. The summed E-state index contributed by atoms with van der Waals surface area (Å²) in [5.74, 6) is 0.155. The predicted octanol–water partition coefficient (Wildman–Crippen LogP) is 0.789. The molecule has 0 aromatic heterocycles. The molecule has 0 bridgehead atoms. The standard InChI is InChI=1S/C11H14N2O/c1-13-8-7-12-10(11(13)14)9-5-3-2-4-6-9/h2-6,10,12H,7-8H2,1H3/t10-/m0/s1. The molecule has 1 fully saturated rings. The summed E-state index contributed by atoms with van der Waals surface area (Å²) in [5, 5.41) is 3.22. The molecule has 1 atom stereocenters. The minimum absolute atomic E-state index is 0.155. The molecular formula is C11H14N2O. The SMILES string of the molecule is CN1CCN[C@@H](c2ccccc2)C1=O. The third-order valence-corrected chi connectivity index (χ3v) is 2.55. The summed E-state index contributed by atoms with van der Waals surface area (Å²) in [5.41, 5.74) is 1.05. The third-order valence-electron chi connectivity index (χ3n) is 2.55. The van der Waals surface area contributed by atoms with Crippen LogP contribution in [0.15, 0.2) is 30.3 Å². The molecular weight excluding hydrogens is 176 g/mol. The zero-order valence-corrected chi connectivity index (χ0v) is 8.23. The Hall–Kier alpha value is -1.35. The molecule has 1 amide bonds. The van der Waals surface area contributed by atoms with Gasteiger partial charge in [-0.15, -0.1) is 0 Å². The van der Waals surface area contributed by atoms with Crippen molar-refractivity contribution in [3.63, 3.8) is 0 Å². The van der Waals surface area contributed by atoms with Crippen LogP contribution < -0.4 is 5.32 Å². The predicted molar refractivity (Wildman–Crippen MR) is 54.8 cm³/mol. The summed E-state index contributed by atoms with van der Waals surface area (Å²) >= 11 is 0. The summed E-state index contributed by atoms with van der Waals surface area (Å²) in [4.78, 5) is 13.6. The maximum Gasteiger partial charge on any atom is 0.244 e. The molecule has 3 nitrogen and oxygen atoms in total. The van der Waals surface area contributed by atoms with E-state index in [1.165, 1.54) is 0 Å². The van der Waals surface area contributed by atoms with Crippen molar-refractivity contribution in [2.45, 2.75) is 6.04 Å². The van der Waals surface area contributed by atoms with E-state index in [-0.39, 0.29) is 11.9 Å². The molecule has 0 spiro atoms. The van der Waals surface area contributed by atoms with Crippen LogP contribution in [0.5, 0.6) is 0 Å². The summed E-state index contributed by atoms with van der Waals surface area (Å²) in [7, 11) is 1.85. The number of hydrogen-bond acceptors (Lipinski definition) is 2. The van der Waals surface area contributed by atoms with Gasteiger partial charge < -0.3 is 10.2 Å². The Balaban J connectivity index is 2.22. The molecule has 1 aromatic rings. The van der Waals surface area contributed by atoms with Crippen LogP contribution in [0, 0.1) is 0 Å². The second-order valence-electron chi connectivity index (χ2n) is 3.56. The molecule has 1 saturated heterocycles. The van der Waals surface area contributed by atoms with Gasteiger partial charge in [0.1, 0.15) is 6.04 Å². The second-order valence-corrected chi connectivity index (χ2v) is 3.56. The van der Waals surface area contributed by atoms with E-state index in [0.29, 0.717) is 0 Å². The third kappa shape index (κ3) is 1.63. The minimum atomic E-state index is -0.157. The van der Waals surface area contributed by atoms with Gasteiger partial charge in [0.15, 0.2) is 0 Å². The zero-order valence-electron chi connectivity index (χ0n) is 8.23. The van der Waals surface area contributed by atoms with Gasteiger partial charge in [-0.05, 0) is 5.56 Å². The van der Waals surface area contributed by atoms with Gasteiger partial charge in [0.2, 0.25) is 5.91 Å². The monoisotopic (exact) mass is 190 g/mol. The molecule has 2 rings (SSSR count). The quantitative estimate of drug-likeness (QED) is 0.710. The first kappa shape index (κ1) is 9.21. The molecule has 74 valence electrons. The summed E-state index contributed by atoms with van der Waals surface area (Å²) in [6.45, 7) is 1.66. The van der Waals surface area contributed by atoms with Gasteiger partial charge in [0, 0.05) is 20.1 Å². The van der Waals surface area contributed by atoms with Crippen LogP contribution >= 0.6 is 0 Å². The first-order chi connectivity index (χ1) is 6.79. The molecule has 1 aromatic carbocycles. The number of piperazine rings is 1. The van der Waals surface area contributed by atoms with Crippen molar-refractivity contribution in [3.8, 4) is 0 Å². The molecule has 3 heteroatoms. The van der Waals surface area contributed by atoms with Gasteiger partial charge in [-0.25, -0.2) is 0 Å². The lowest BCUT2D eigenvalue weighted by Gasteiger charge is -2.30. The Morgan fingerprint density at radius 1 is 1.36 bits per heavy atom. The van der Waals surface area contributed by atoms with Crippen molar-refractivity contribution in [3.05, 3.63) is 35.9 Å². The number of carbonyl (C=O) groups excluding carboxylic acids is 1. The molecule has 1 aliphatic rings. The number of carbonyl (C=O) groups is 1. The first-order valence-corrected chi connectivity index (χ1v) is 4.82. The Kier molecular flexibility index (Phi) is 2.50. The molecule has 0 aliphatic carbocycles. The van der Waals surface area contributed by atoms with E-state index in [4.69, 9.17) is 0 Å². The van der Waals surface area contributed by atoms with Crippen LogP contribution in [0.25, 0.3) is 0 Å². The van der Waals surface area contributed by atoms with Crippen molar-refractivity contribution in [1.29, 1.82) is 0 Å². The van der Waals surface area contributed by atoms with E-state index in [1.54, 1.807) is 4.90 Å². The number of amides is 1. The lowest BCUT2D eigenvalue weighted by molar-refractivity contribution is -0.134. The Labute approximate surface area is 83.7 Å². The van der Waals surface area contributed by atoms with Crippen molar-refractivity contribution >= 4 is 5.91 Å². The van der Waals surface area contributed by atoms with Crippen LogP contribution in [-0.4, -0.2) is 30.9 Å². The molecule has 1 aliphatic heterocycles. The highest BCUT2D eigenvalue weighted by molar-refractivity contribution is 5.83. The van der Waals surface area contributed by atoms with Crippen LogP contribution in [0.1, 0.15) is 11.6 Å². The number of nitrogens with zero attached hydrogens (tertiary/aromatic N) is 1. The molecule has 0 radical (unpaired) electrons. The Bertz CT molecular complexity index is 323. The number of likely N-dealkylation sites (N-methyl/N-ethyl adjacent to an activating group) is 1. The van der Waals surface area contributed by atoms with Crippen LogP contribution in [0.3, 0.4) is 0 Å². The number of benzene rings is 1. The van der Waals surface area contributed by atoms with Crippen molar-refractivity contribution in [1.82, 2.24) is 10.2 Å². The maximum atomic E-state index is 11.8. The largest absolute Gasteiger partial charge is 0.343 e. The fraction of sp³-hybridized carbons (Fsp3) is 0.364. The van der Waals surface area contributed by atoms with Crippen LogP contribution in [-0.2, 0) is 4.79 Å². The molecule has 1 heterocycles. The normalized spacial score (nSPS) is 22.5. The number of hydrogen-bond donors (Lipinski definition) is 1. The topological polar surface area (TPSA) is 32.3 Å². The smallest absolute Gasteiger partial charge is 0.244 e. The average molecular weight is 190 g/mol. The Morgan fingerprint density at radius 3 is 2.79 bits per heavy atom. The van der Waals surface area contributed by atoms with E-state index < -0.39 is 0 Å². The van der Waals surface area contributed by atoms with Gasteiger partial charge in [0.05, 0.1) is 0 Å². The van der Waals surface area contributed by atoms with E-state index in [1.807, 2.05) is 37.4 Å². The van der Waals surface area contributed by atoms with Gasteiger partial charge in [0.25, 0.3) is 0 Å². The molecule has 0 saturated carbocycles. The molecule has 1 N–H and O–H groups in total. The highest BCUT2D eigenvalue weighted by Gasteiger charge is 2.26. The van der Waals surface area contributed by atoms with E-state index in [0.717, 1.165) is 18.7 Å². The zero-order chi connectivity index (χ0) is 9.97. The lowest BCUT2D eigenvalue weighted by Crippen LogP contribution is -2.48. The van der Waals surface area contributed by atoms with Crippen molar-refractivity contribution in [2.24, 2.45) is 0 Å². The second kappa shape index (κ2) is 3.80. The minimum Gasteiger partial charge on any atom is -0.343 e. The van der Waals surface area contributed by atoms with Crippen LogP contribution in [0.2, 0.25) is 0 Å². The summed E-state index contributed by atoms with van der Waals surface area (Å²) < 4.78 is 0. The van der Waals surface area contributed by atoms with Crippen molar-refractivity contribution in [2.75, 3.05) is 20.1 Å². The van der Waals surface area contributed by atoms with Gasteiger partial charge in [-0.2, -0.15) is 0 Å². The Morgan fingerprint density at radius 2 is 2.07 bits per heavy atom. The fourth-order valence-electron chi connectivity index (χ4n) is 1.70. The first-order valence-electron chi connectivity index (χ1n) is 4.82. The van der Waals surface area contributed by atoms with E-state index in [9.17, 15) is 4.79 Å². The van der Waals surface area contributed by atoms with E-state index in [2.05, 4.69) is 5.32 Å². The molecule has 14 heavy (non-hydrogen) atoms. The van der Waals surface area contributed by atoms with Gasteiger partial charge >= 0.3 is 0 Å². The average Bonchev–Trinajstić information content (AvgIpc) is 2.23. The summed E-state index contributed by atoms with van der Waals surface area (Å²) in [6.07, 6.45) is 0. The number of nitrogens with one attached hydrogen (secondary N) is 1. The van der Waals surface area contributed by atoms with Gasteiger partial charge in [-0.1, -0.05) is 30.3 Å². The van der Waals surface area contributed by atoms with Crippen molar-refractivity contribution < 1.29 is 4.79 Å². The summed E-state index contributed by atoms with van der Waals surface area (Å²) in [6, 6.07) is 9.68. The number of rotatable bonds is 1. The fourth-order valence-corrected chi connectivity index (χ4v) is 1.70. The highest BCUT2D eigenvalue weighted by atomic mass is 16.2. The van der Waals surface area contributed by atoms with Crippen LogP contribution in [0.4, 0.5) is 0 Å².